The highest BCUT2D eigenvalue weighted by Crippen LogP contribution is 2.25. The van der Waals surface area contributed by atoms with Crippen LogP contribution < -0.4 is 5.32 Å². The van der Waals surface area contributed by atoms with Gasteiger partial charge in [-0.05, 0) is 42.2 Å². The van der Waals surface area contributed by atoms with Crippen LogP contribution >= 0.6 is 23.2 Å². The van der Waals surface area contributed by atoms with Crippen molar-refractivity contribution in [2.24, 2.45) is 0 Å². The second-order valence-electron chi connectivity index (χ2n) is 7.17. The van der Waals surface area contributed by atoms with E-state index in [9.17, 15) is 4.79 Å². The molecule has 150 valence electrons. The van der Waals surface area contributed by atoms with Crippen molar-refractivity contribution in [1.29, 1.82) is 0 Å². The molecule has 0 bridgehead atoms. The zero-order valence-corrected chi connectivity index (χ0v) is 18.1. The molecule has 3 aromatic rings. The Morgan fingerprint density at radius 3 is 2.41 bits per heavy atom. The molecule has 0 saturated carbocycles. The molecule has 0 aliphatic rings. The first-order valence-electron chi connectivity index (χ1n) is 9.40. The minimum absolute atomic E-state index is 0.238. The molecule has 0 unspecified atom stereocenters. The Bertz CT molecular complexity index is 1020. The SMILES string of the molecule is Cc1cc(NC(=O)/C=C/c2ccc(C(C)C)cc2)nn1Cc1c(Cl)cccc1Cl. The van der Waals surface area contributed by atoms with Gasteiger partial charge in [-0.1, -0.05) is 67.4 Å². The number of carbonyl (C=O) groups is 1. The van der Waals surface area contributed by atoms with Crippen LogP contribution in [0.5, 0.6) is 0 Å². The summed E-state index contributed by atoms with van der Waals surface area (Å²) >= 11 is 12.5. The van der Waals surface area contributed by atoms with Gasteiger partial charge in [0.2, 0.25) is 5.91 Å². The lowest BCUT2D eigenvalue weighted by Gasteiger charge is -2.08. The fraction of sp³-hybridized carbons (Fsp3) is 0.217. The zero-order valence-electron chi connectivity index (χ0n) is 16.6. The second-order valence-corrected chi connectivity index (χ2v) is 7.99. The summed E-state index contributed by atoms with van der Waals surface area (Å²) in [7, 11) is 0. The summed E-state index contributed by atoms with van der Waals surface area (Å²) in [5.74, 6) is 0.726. The third-order valence-electron chi connectivity index (χ3n) is 4.63. The van der Waals surface area contributed by atoms with E-state index in [1.165, 1.54) is 11.6 Å². The number of benzene rings is 2. The number of carbonyl (C=O) groups excluding carboxylic acids is 1. The molecular weight excluding hydrogens is 405 g/mol. The Kier molecular flexibility index (Phi) is 6.78. The minimum Gasteiger partial charge on any atom is -0.306 e. The molecular formula is C23H23Cl2N3O. The number of aromatic nitrogens is 2. The van der Waals surface area contributed by atoms with Gasteiger partial charge in [-0.3, -0.25) is 9.48 Å². The van der Waals surface area contributed by atoms with Gasteiger partial charge in [0.15, 0.2) is 5.82 Å². The van der Waals surface area contributed by atoms with E-state index in [1.54, 1.807) is 29.0 Å². The predicted molar refractivity (Wildman–Crippen MR) is 121 cm³/mol. The topological polar surface area (TPSA) is 46.9 Å². The van der Waals surface area contributed by atoms with Crippen molar-refractivity contribution in [3.8, 4) is 0 Å². The molecule has 2 aromatic carbocycles. The highest BCUT2D eigenvalue weighted by atomic mass is 35.5. The first-order valence-corrected chi connectivity index (χ1v) is 10.2. The minimum atomic E-state index is -0.238. The molecule has 0 aliphatic carbocycles. The van der Waals surface area contributed by atoms with Crippen molar-refractivity contribution in [1.82, 2.24) is 9.78 Å². The zero-order chi connectivity index (χ0) is 21.0. The third kappa shape index (κ3) is 5.49. The Hall–Kier alpha value is -2.56. The summed E-state index contributed by atoms with van der Waals surface area (Å²) in [6.45, 7) is 6.65. The van der Waals surface area contributed by atoms with E-state index >= 15 is 0 Å². The lowest BCUT2D eigenvalue weighted by atomic mass is 10.0. The maximum atomic E-state index is 12.3. The van der Waals surface area contributed by atoms with Crippen LogP contribution in [0.2, 0.25) is 10.0 Å². The summed E-state index contributed by atoms with van der Waals surface area (Å²) < 4.78 is 1.76. The van der Waals surface area contributed by atoms with Gasteiger partial charge < -0.3 is 5.32 Å². The molecule has 0 saturated heterocycles. The third-order valence-corrected chi connectivity index (χ3v) is 5.34. The molecule has 0 radical (unpaired) electrons. The summed E-state index contributed by atoms with van der Waals surface area (Å²) in [5.41, 5.74) is 3.93. The lowest BCUT2D eigenvalue weighted by molar-refractivity contribution is -0.111. The number of aryl methyl sites for hydroxylation is 1. The van der Waals surface area contributed by atoms with E-state index in [1.807, 2.05) is 25.1 Å². The Morgan fingerprint density at radius 2 is 1.79 bits per heavy atom. The molecule has 1 amide bonds. The van der Waals surface area contributed by atoms with Gasteiger partial charge in [-0.2, -0.15) is 5.10 Å². The van der Waals surface area contributed by atoms with E-state index < -0.39 is 0 Å². The molecule has 4 nitrogen and oxygen atoms in total. The number of nitrogens with zero attached hydrogens (tertiary/aromatic N) is 2. The fourth-order valence-electron chi connectivity index (χ4n) is 2.90. The van der Waals surface area contributed by atoms with Gasteiger partial charge in [-0.15, -0.1) is 0 Å². The van der Waals surface area contributed by atoms with E-state index in [2.05, 4.69) is 36.4 Å². The summed E-state index contributed by atoms with van der Waals surface area (Å²) in [6, 6.07) is 15.4. The summed E-state index contributed by atoms with van der Waals surface area (Å²) in [6.07, 6.45) is 3.29. The number of anilines is 1. The van der Waals surface area contributed by atoms with Crippen LogP contribution in [-0.2, 0) is 11.3 Å². The Morgan fingerprint density at radius 1 is 1.14 bits per heavy atom. The van der Waals surface area contributed by atoms with Crippen LogP contribution in [0.25, 0.3) is 6.08 Å². The predicted octanol–water partition coefficient (Wildman–Crippen LogP) is 6.32. The first kappa shape index (κ1) is 21.2. The largest absolute Gasteiger partial charge is 0.306 e. The van der Waals surface area contributed by atoms with Gasteiger partial charge in [0.25, 0.3) is 0 Å². The first-order chi connectivity index (χ1) is 13.8. The number of hydrogen-bond acceptors (Lipinski definition) is 2. The van der Waals surface area contributed by atoms with E-state index in [0.29, 0.717) is 28.3 Å². The summed E-state index contributed by atoms with van der Waals surface area (Å²) in [5, 5.41) is 8.42. The number of hydrogen-bond donors (Lipinski definition) is 1. The smallest absolute Gasteiger partial charge is 0.249 e. The number of nitrogens with one attached hydrogen (secondary N) is 1. The van der Waals surface area contributed by atoms with Crippen molar-refractivity contribution in [3.63, 3.8) is 0 Å². The average molecular weight is 428 g/mol. The molecule has 1 aromatic heterocycles. The van der Waals surface area contributed by atoms with E-state index in [-0.39, 0.29) is 5.91 Å². The van der Waals surface area contributed by atoms with Gasteiger partial charge in [-0.25, -0.2) is 0 Å². The van der Waals surface area contributed by atoms with Crippen molar-refractivity contribution < 1.29 is 4.79 Å². The van der Waals surface area contributed by atoms with Crippen LogP contribution in [-0.4, -0.2) is 15.7 Å². The lowest BCUT2D eigenvalue weighted by Crippen LogP contribution is -2.10. The number of halogens is 2. The molecule has 0 spiro atoms. The van der Waals surface area contributed by atoms with Gasteiger partial charge >= 0.3 is 0 Å². The van der Waals surface area contributed by atoms with Crippen molar-refractivity contribution in [2.45, 2.75) is 33.2 Å². The van der Waals surface area contributed by atoms with Crippen LogP contribution in [0.4, 0.5) is 5.82 Å². The van der Waals surface area contributed by atoms with Crippen LogP contribution in [0.3, 0.4) is 0 Å². The second kappa shape index (κ2) is 9.29. The van der Waals surface area contributed by atoms with Crippen molar-refractivity contribution in [2.75, 3.05) is 5.32 Å². The maximum absolute atomic E-state index is 12.3. The highest BCUT2D eigenvalue weighted by molar-refractivity contribution is 6.35. The quantitative estimate of drug-likeness (QED) is 0.467. The number of amides is 1. The molecule has 6 heteroatoms. The molecule has 0 fully saturated rings. The maximum Gasteiger partial charge on any atom is 0.249 e. The van der Waals surface area contributed by atoms with Gasteiger partial charge in [0.05, 0.1) is 6.54 Å². The standard InChI is InChI=1S/C23H23Cl2N3O/c1-15(2)18-10-7-17(8-11-18)9-12-23(29)26-22-13-16(3)28(27-22)14-19-20(24)5-4-6-21(19)25/h4-13,15H,14H2,1-3H3,(H,26,27,29)/b12-9+. The normalized spacial score (nSPS) is 11.4. The van der Waals surface area contributed by atoms with Crippen molar-refractivity contribution in [3.05, 3.63) is 87.0 Å². The van der Waals surface area contributed by atoms with Gasteiger partial charge in [0, 0.05) is 33.4 Å². The molecule has 1 heterocycles. The monoisotopic (exact) mass is 427 g/mol. The molecule has 29 heavy (non-hydrogen) atoms. The molecule has 3 rings (SSSR count). The van der Waals surface area contributed by atoms with Crippen LogP contribution in [0, 0.1) is 6.92 Å². The van der Waals surface area contributed by atoms with Gasteiger partial charge in [0.1, 0.15) is 0 Å². The van der Waals surface area contributed by atoms with Crippen LogP contribution in [0.15, 0.2) is 54.6 Å². The Labute approximate surface area is 181 Å². The van der Waals surface area contributed by atoms with E-state index in [4.69, 9.17) is 23.2 Å². The van der Waals surface area contributed by atoms with Crippen molar-refractivity contribution >= 4 is 41.0 Å². The van der Waals surface area contributed by atoms with E-state index in [0.717, 1.165) is 16.8 Å². The van der Waals surface area contributed by atoms with Crippen LogP contribution in [0.1, 0.15) is 42.1 Å². The molecule has 0 aliphatic heterocycles. The number of rotatable bonds is 6. The Balaban J connectivity index is 1.66. The average Bonchev–Trinajstić information content (AvgIpc) is 3.02. The molecule has 1 N–H and O–H groups in total. The molecule has 0 atom stereocenters. The summed E-state index contributed by atoms with van der Waals surface area (Å²) in [4.78, 5) is 12.3. The fourth-order valence-corrected chi connectivity index (χ4v) is 3.41. The highest BCUT2D eigenvalue weighted by Gasteiger charge is 2.11.